The van der Waals surface area contributed by atoms with E-state index in [4.69, 9.17) is 0 Å². The molecular weight excluding hydrogens is 283 g/mol. The number of hydrogen-bond donors (Lipinski definition) is 1. The number of hydrogen-bond acceptors (Lipinski definition) is 3. The Balaban J connectivity index is 1.82. The first-order chi connectivity index (χ1) is 10.6. The maximum absolute atomic E-state index is 12.8. The van der Waals surface area contributed by atoms with Gasteiger partial charge in [-0.1, -0.05) is 18.2 Å². The first-order valence-corrected chi connectivity index (χ1v) is 6.93. The van der Waals surface area contributed by atoms with Gasteiger partial charge in [-0.05, 0) is 36.4 Å². The third kappa shape index (κ3) is 4.41. The molecule has 0 aliphatic carbocycles. The third-order valence-electron chi connectivity index (χ3n) is 3.18. The molecule has 0 atom stereocenters. The maximum atomic E-state index is 12.8. The summed E-state index contributed by atoms with van der Waals surface area (Å²) in [6, 6.07) is 14.7. The van der Waals surface area contributed by atoms with Crippen LogP contribution in [0.1, 0.15) is 23.2 Å². The van der Waals surface area contributed by atoms with Crippen LogP contribution >= 0.6 is 0 Å². The van der Waals surface area contributed by atoms with Crippen LogP contribution in [0, 0.1) is 5.82 Å². The topological polar surface area (TPSA) is 49.4 Å². The van der Waals surface area contributed by atoms with E-state index in [1.165, 1.54) is 24.3 Å². The smallest absolute Gasteiger partial charge is 0.238 e. The Morgan fingerprint density at radius 1 is 1.00 bits per heavy atom. The molecule has 0 saturated heterocycles. The highest BCUT2D eigenvalue weighted by atomic mass is 19.1. The molecule has 2 aromatic rings. The predicted octanol–water partition coefficient (Wildman–Crippen LogP) is 2.96. The van der Waals surface area contributed by atoms with Crippen molar-refractivity contribution in [3.63, 3.8) is 0 Å². The first-order valence-electron chi connectivity index (χ1n) is 6.93. The number of halogens is 1. The lowest BCUT2D eigenvalue weighted by atomic mass is 10.1. The molecule has 5 heteroatoms. The van der Waals surface area contributed by atoms with Crippen molar-refractivity contribution >= 4 is 17.4 Å². The number of nitrogens with one attached hydrogen (secondary N) is 1. The molecule has 0 fully saturated rings. The molecule has 1 N–H and O–H groups in total. The molecule has 0 unspecified atom stereocenters. The molecule has 0 bridgehead atoms. The summed E-state index contributed by atoms with van der Waals surface area (Å²) in [6.07, 6.45) is 0.160. The molecule has 0 saturated carbocycles. The molecule has 0 aliphatic rings. The molecule has 4 nitrogen and oxygen atoms in total. The van der Waals surface area contributed by atoms with Crippen LogP contribution in [0.15, 0.2) is 54.6 Å². The number of rotatable bonds is 6. The van der Waals surface area contributed by atoms with Crippen molar-refractivity contribution in [1.82, 2.24) is 5.43 Å². The molecule has 114 valence electrons. The van der Waals surface area contributed by atoms with Crippen molar-refractivity contribution in [2.45, 2.75) is 12.8 Å². The summed E-state index contributed by atoms with van der Waals surface area (Å²) in [6.45, 7) is 0. The van der Waals surface area contributed by atoms with Crippen LogP contribution < -0.4 is 10.4 Å². The Bertz CT molecular complexity index is 641. The third-order valence-corrected chi connectivity index (χ3v) is 3.18. The SMILES string of the molecule is CN(NC(=O)CCC(=O)c1ccc(F)cc1)c1ccccc1. The van der Waals surface area contributed by atoms with Crippen LogP contribution in [0.4, 0.5) is 10.1 Å². The van der Waals surface area contributed by atoms with E-state index in [0.717, 1.165) is 5.69 Å². The summed E-state index contributed by atoms with van der Waals surface area (Å²) in [5.74, 6) is -0.821. The number of amides is 1. The number of ketones is 1. The van der Waals surface area contributed by atoms with Crippen LogP contribution in [0.25, 0.3) is 0 Å². The largest absolute Gasteiger partial charge is 0.294 e. The highest BCUT2D eigenvalue weighted by Gasteiger charge is 2.11. The van der Waals surface area contributed by atoms with Gasteiger partial charge in [-0.2, -0.15) is 0 Å². The summed E-state index contributed by atoms with van der Waals surface area (Å²) in [7, 11) is 1.73. The second-order valence-electron chi connectivity index (χ2n) is 4.86. The fraction of sp³-hybridized carbons (Fsp3) is 0.176. The average molecular weight is 300 g/mol. The standard InChI is InChI=1S/C17H17FN2O2/c1-20(15-5-3-2-4-6-15)19-17(22)12-11-16(21)13-7-9-14(18)10-8-13/h2-10H,11-12H2,1H3,(H,19,22). The molecule has 0 heterocycles. The Hall–Kier alpha value is -2.69. The van der Waals surface area contributed by atoms with E-state index in [2.05, 4.69) is 5.43 Å². The molecule has 0 spiro atoms. The van der Waals surface area contributed by atoms with Crippen LogP contribution in [-0.2, 0) is 4.79 Å². The van der Waals surface area contributed by atoms with E-state index in [1.807, 2.05) is 30.3 Å². The lowest BCUT2D eigenvalue weighted by Crippen LogP contribution is -2.39. The van der Waals surface area contributed by atoms with Gasteiger partial charge in [0.1, 0.15) is 5.82 Å². The predicted molar refractivity (Wildman–Crippen MR) is 83.0 cm³/mol. The van der Waals surface area contributed by atoms with E-state index in [-0.39, 0.29) is 24.5 Å². The van der Waals surface area contributed by atoms with E-state index in [9.17, 15) is 14.0 Å². The Morgan fingerprint density at radius 3 is 2.27 bits per heavy atom. The van der Waals surface area contributed by atoms with Crippen LogP contribution in [0.3, 0.4) is 0 Å². The molecule has 2 rings (SSSR count). The number of anilines is 1. The van der Waals surface area contributed by atoms with Crippen molar-refractivity contribution in [3.8, 4) is 0 Å². The summed E-state index contributed by atoms with van der Waals surface area (Å²) in [5, 5.41) is 1.60. The van der Waals surface area contributed by atoms with Crippen LogP contribution in [-0.4, -0.2) is 18.7 Å². The highest BCUT2D eigenvalue weighted by Crippen LogP contribution is 2.10. The fourth-order valence-corrected chi connectivity index (χ4v) is 1.97. The highest BCUT2D eigenvalue weighted by molar-refractivity contribution is 5.98. The Morgan fingerprint density at radius 2 is 1.64 bits per heavy atom. The number of nitrogens with zero attached hydrogens (tertiary/aromatic N) is 1. The number of Topliss-reactive ketones (excluding diaryl/α,β-unsaturated/α-hetero) is 1. The summed E-state index contributed by atoms with van der Waals surface area (Å²) in [4.78, 5) is 23.8. The molecular formula is C17H17FN2O2. The minimum Gasteiger partial charge on any atom is -0.294 e. The molecule has 2 aromatic carbocycles. The summed E-state index contributed by atoms with van der Waals surface area (Å²) < 4.78 is 12.8. The minimum atomic E-state index is -0.390. The zero-order chi connectivity index (χ0) is 15.9. The van der Waals surface area contributed by atoms with Gasteiger partial charge >= 0.3 is 0 Å². The lowest BCUT2D eigenvalue weighted by molar-refractivity contribution is -0.121. The van der Waals surface area contributed by atoms with E-state index < -0.39 is 5.82 Å². The normalized spacial score (nSPS) is 10.1. The number of carbonyl (C=O) groups is 2. The number of benzene rings is 2. The number of hydrazine groups is 1. The summed E-state index contributed by atoms with van der Waals surface area (Å²) in [5.41, 5.74) is 3.95. The monoisotopic (exact) mass is 300 g/mol. The van der Waals surface area contributed by atoms with Crippen molar-refractivity contribution in [2.24, 2.45) is 0 Å². The Labute approximate surface area is 128 Å². The second-order valence-corrected chi connectivity index (χ2v) is 4.86. The number of carbonyl (C=O) groups excluding carboxylic acids is 2. The van der Waals surface area contributed by atoms with E-state index >= 15 is 0 Å². The van der Waals surface area contributed by atoms with Gasteiger partial charge in [0.05, 0.1) is 5.69 Å². The van der Waals surface area contributed by atoms with Crippen molar-refractivity contribution in [1.29, 1.82) is 0 Å². The lowest BCUT2D eigenvalue weighted by Gasteiger charge is -2.20. The average Bonchev–Trinajstić information content (AvgIpc) is 2.54. The molecule has 0 radical (unpaired) electrons. The molecule has 1 amide bonds. The van der Waals surface area contributed by atoms with E-state index in [1.54, 1.807) is 12.1 Å². The second kappa shape index (κ2) is 7.36. The van der Waals surface area contributed by atoms with Crippen molar-refractivity contribution in [3.05, 3.63) is 66.0 Å². The van der Waals surface area contributed by atoms with Gasteiger partial charge < -0.3 is 0 Å². The van der Waals surface area contributed by atoms with Crippen molar-refractivity contribution in [2.75, 3.05) is 12.1 Å². The van der Waals surface area contributed by atoms with Gasteiger partial charge in [0, 0.05) is 25.5 Å². The zero-order valence-corrected chi connectivity index (χ0v) is 12.3. The minimum absolute atomic E-state index is 0.0768. The quantitative estimate of drug-likeness (QED) is 0.659. The van der Waals surface area contributed by atoms with Gasteiger partial charge in [0.2, 0.25) is 5.91 Å². The van der Waals surface area contributed by atoms with Crippen LogP contribution in [0.2, 0.25) is 0 Å². The van der Waals surface area contributed by atoms with Gasteiger partial charge in [0.25, 0.3) is 0 Å². The van der Waals surface area contributed by atoms with Crippen LogP contribution in [0.5, 0.6) is 0 Å². The Kier molecular flexibility index (Phi) is 5.25. The van der Waals surface area contributed by atoms with Gasteiger partial charge in [-0.25, -0.2) is 4.39 Å². The van der Waals surface area contributed by atoms with E-state index in [0.29, 0.717) is 5.56 Å². The van der Waals surface area contributed by atoms with Crippen molar-refractivity contribution < 1.29 is 14.0 Å². The zero-order valence-electron chi connectivity index (χ0n) is 12.3. The maximum Gasteiger partial charge on any atom is 0.238 e. The summed E-state index contributed by atoms with van der Waals surface area (Å²) >= 11 is 0. The van der Waals surface area contributed by atoms with Gasteiger partial charge in [0.15, 0.2) is 5.78 Å². The van der Waals surface area contributed by atoms with Gasteiger partial charge in [-0.3, -0.25) is 20.0 Å². The number of para-hydroxylation sites is 1. The molecule has 22 heavy (non-hydrogen) atoms. The fourth-order valence-electron chi connectivity index (χ4n) is 1.97. The molecule has 0 aromatic heterocycles. The van der Waals surface area contributed by atoms with Gasteiger partial charge in [-0.15, -0.1) is 0 Å². The molecule has 0 aliphatic heterocycles. The first kappa shape index (κ1) is 15.7.